The van der Waals surface area contributed by atoms with E-state index in [1.807, 2.05) is 0 Å². The van der Waals surface area contributed by atoms with Crippen molar-refractivity contribution in [2.45, 2.75) is 32.3 Å². The molecular formula is C9H14N2O3. The van der Waals surface area contributed by atoms with Crippen LogP contribution in [0.5, 0.6) is 0 Å². The fourth-order valence-electron chi connectivity index (χ4n) is 1.45. The number of imidazole rings is 1. The lowest BCUT2D eigenvalue weighted by molar-refractivity contribution is -0.150. The summed E-state index contributed by atoms with van der Waals surface area (Å²) < 4.78 is 0. The molecule has 0 aromatic carbocycles. The summed E-state index contributed by atoms with van der Waals surface area (Å²) in [7, 11) is 0. The van der Waals surface area contributed by atoms with Crippen molar-refractivity contribution in [3.8, 4) is 0 Å². The molecule has 0 aliphatic heterocycles. The van der Waals surface area contributed by atoms with E-state index >= 15 is 0 Å². The molecule has 3 N–H and O–H groups in total. The first-order valence-corrected chi connectivity index (χ1v) is 4.28. The van der Waals surface area contributed by atoms with Crippen molar-refractivity contribution in [2.24, 2.45) is 0 Å². The van der Waals surface area contributed by atoms with E-state index in [1.54, 1.807) is 20.8 Å². The maximum absolute atomic E-state index is 10.7. The Morgan fingerprint density at radius 1 is 1.64 bits per heavy atom. The van der Waals surface area contributed by atoms with Crippen molar-refractivity contribution < 1.29 is 15.0 Å². The van der Waals surface area contributed by atoms with E-state index in [0.717, 1.165) is 5.69 Å². The highest BCUT2D eigenvalue weighted by atomic mass is 16.4. The van der Waals surface area contributed by atoms with Gasteiger partial charge in [-0.2, -0.15) is 0 Å². The van der Waals surface area contributed by atoms with E-state index in [-0.39, 0.29) is 0 Å². The third-order valence-electron chi connectivity index (χ3n) is 2.36. The normalized spacial score (nSPS) is 14.0. The molecule has 0 fully saturated rings. The largest absolute Gasteiger partial charge is 0.479 e. The first-order chi connectivity index (χ1) is 6.37. The van der Waals surface area contributed by atoms with Crippen LogP contribution in [-0.2, 0) is 10.2 Å². The van der Waals surface area contributed by atoms with E-state index in [9.17, 15) is 9.90 Å². The Balaban J connectivity index is 3.07. The lowest BCUT2D eigenvalue weighted by Gasteiger charge is -2.26. The Morgan fingerprint density at radius 2 is 2.21 bits per heavy atom. The van der Waals surface area contributed by atoms with Crippen molar-refractivity contribution in [3.63, 3.8) is 0 Å². The number of aromatic amines is 1. The molecule has 0 amide bonds. The smallest absolute Gasteiger partial charge is 0.333 e. The second kappa shape index (κ2) is 3.42. The van der Waals surface area contributed by atoms with Gasteiger partial charge < -0.3 is 15.2 Å². The maximum atomic E-state index is 10.7. The minimum absolute atomic E-state index is 0.576. The van der Waals surface area contributed by atoms with Crippen LogP contribution in [0.4, 0.5) is 0 Å². The fraction of sp³-hybridized carbons (Fsp3) is 0.556. The van der Waals surface area contributed by atoms with Crippen LogP contribution in [0.15, 0.2) is 6.33 Å². The number of aryl methyl sites for hydroxylation is 1. The van der Waals surface area contributed by atoms with E-state index < -0.39 is 17.5 Å². The molecule has 0 saturated carbocycles. The van der Waals surface area contributed by atoms with Gasteiger partial charge in [0, 0.05) is 11.1 Å². The first kappa shape index (κ1) is 10.7. The molecule has 78 valence electrons. The summed E-state index contributed by atoms with van der Waals surface area (Å²) in [5.41, 5.74) is 0.457. The zero-order valence-corrected chi connectivity index (χ0v) is 8.40. The lowest BCUT2D eigenvalue weighted by atomic mass is 9.82. The van der Waals surface area contributed by atoms with Gasteiger partial charge in [-0.3, -0.25) is 0 Å². The summed E-state index contributed by atoms with van der Waals surface area (Å²) in [5, 5.41) is 18.2. The number of hydrogen-bond donors (Lipinski definition) is 3. The van der Waals surface area contributed by atoms with Gasteiger partial charge >= 0.3 is 5.97 Å². The molecule has 1 unspecified atom stereocenters. The summed E-state index contributed by atoms with van der Waals surface area (Å²) in [5.74, 6) is -1.24. The molecule has 1 rings (SSSR count). The van der Waals surface area contributed by atoms with Crippen molar-refractivity contribution in [3.05, 3.63) is 17.7 Å². The average Bonchev–Trinajstić information content (AvgIpc) is 2.50. The number of H-pyrrole nitrogens is 1. The van der Waals surface area contributed by atoms with Crippen LogP contribution in [0.2, 0.25) is 0 Å². The third-order valence-corrected chi connectivity index (χ3v) is 2.36. The topological polar surface area (TPSA) is 86.2 Å². The van der Waals surface area contributed by atoms with E-state index in [2.05, 4.69) is 9.97 Å². The van der Waals surface area contributed by atoms with Crippen molar-refractivity contribution in [1.82, 2.24) is 9.97 Å². The number of hydrogen-bond acceptors (Lipinski definition) is 3. The zero-order valence-electron chi connectivity index (χ0n) is 8.40. The molecule has 0 radical (unpaired) electrons. The van der Waals surface area contributed by atoms with Gasteiger partial charge in [0.15, 0.2) is 6.10 Å². The fourth-order valence-corrected chi connectivity index (χ4v) is 1.45. The Labute approximate surface area is 81.8 Å². The molecule has 14 heavy (non-hydrogen) atoms. The first-order valence-electron chi connectivity index (χ1n) is 4.28. The Bertz CT molecular complexity index is 344. The molecular weight excluding hydrogens is 184 g/mol. The second-order valence-electron chi connectivity index (χ2n) is 3.84. The number of nitrogens with one attached hydrogen (secondary N) is 1. The van der Waals surface area contributed by atoms with Crippen LogP contribution in [0.3, 0.4) is 0 Å². The van der Waals surface area contributed by atoms with Crippen LogP contribution in [0.1, 0.15) is 25.2 Å². The monoisotopic (exact) mass is 198 g/mol. The molecule has 1 heterocycles. The molecule has 5 heteroatoms. The maximum Gasteiger partial charge on any atom is 0.333 e. The number of rotatable bonds is 3. The summed E-state index contributed by atoms with van der Waals surface area (Å²) in [6, 6.07) is 0. The predicted molar refractivity (Wildman–Crippen MR) is 50.0 cm³/mol. The molecule has 1 aromatic rings. The van der Waals surface area contributed by atoms with Crippen LogP contribution in [-0.4, -0.2) is 32.3 Å². The van der Waals surface area contributed by atoms with Gasteiger partial charge in [0.05, 0.1) is 12.0 Å². The van der Waals surface area contributed by atoms with Gasteiger partial charge in [0.1, 0.15) is 0 Å². The lowest BCUT2D eigenvalue weighted by Crippen LogP contribution is -2.40. The molecule has 0 bridgehead atoms. The predicted octanol–water partition coefficient (Wildman–Crippen LogP) is 0.441. The van der Waals surface area contributed by atoms with Gasteiger partial charge in [-0.1, -0.05) is 13.8 Å². The van der Waals surface area contributed by atoms with Crippen molar-refractivity contribution in [2.75, 3.05) is 0 Å². The number of aliphatic hydroxyl groups is 1. The highest BCUT2D eigenvalue weighted by Gasteiger charge is 2.37. The Hall–Kier alpha value is -1.36. The quantitative estimate of drug-likeness (QED) is 0.657. The summed E-state index contributed by atoms with van der Waals surface area (Å²) >= 11 is 0. The highest BCUT2D eigenvalue weighted by Crippen LogP contribution is 2.27. The average molecular weight is 198 g/mol. The van der Waals surface area contributed by atoms with Crippen LogP contribution in [0.25, 0.3) is 0 Å². The molecule has 5 nitrogen and oxygen atoms in total. The summed E-state index contributed by atoms with van der Waals surface area (Å²) in [4.78, 5) is 17.5. The van der Waals surface area contributed by atoms with E-state index in [1.165, 1.54) is 6.33 Å². The second-order valence-corrected chi connectivity index (χ2v) is 3.84. The van der Waals surface area contributed by atoms with Gasteiger partial charge in [-0.15, -0.1) is 0 Å². The molecule has 0 spiro atoms. The van der Waals surface area contributed by atoms with Gasteiger partial charge in [0.2, 0.25) is 0 Å². The van der Waals surface area contributed by atoms with Crippen molar-refractivity contribution >= 4 is 5.97 Å². The number of aromatic nitrogens is 2. The molecule has 1 atom stereocenters. The molecule has 1 aromatic heterocycles. The van der Waals surface area contributed by atoms with Gasteiger partial charge in [-0.05, 0) is 6.92 Å². The molecule has 0 aliphatic rings. The Morgan fingerprint density at radius 3 is 2.57 bits per heavy atom. The summed E-state index contributed by atoms with van der Waals surface area (Å²) in [6.07, 6.45) is 0.0329. The number of nitrogens with zero attached hydrogens (tertiary/aromatic N) is 1. The summed E-state index contributed by atoms with van der Waals surface area (Å²) in [6.45, 7) is 5.09. The minimum Gasteiger partial charge on any atom is -0.479 e. The number of carbonyl (C=O) groups is 1. The highest BCUT2D eigenvalue weighted by molar-refractivity contribution is 5.74. The standard InChI is InChI=1S/C9H14N2O3/c1-5-6(11-4-10-5)9(2,3)7(12)8(13)14/h4,7,12H,1-3H3,(H,10,11)(H,13,14). The van der Waals surface area contributed by atoms with E-state index in [0.29, 0.717) is 5.69 Å². The van der Waals surface area contributed by atoms with E-state index in [4.69, 9.17) is 5.11 Å². The van der Waals surface area contributed by atoms with Gasteiger partial charge in [-0.25, -0.2) is 9.78 Å². The van der Waals surface area contributed by atoms with Crippen molar-refractivity contribution in [1.29, 1.82) is 0 Å². The Kier molecular flexibility index (Phi) is 2.62. The number of aliphatic hydroxyl groups excluding tert-OH is 1. The van der Waals surface area contributed by atoms with Crippen LogP contribution < -0.4 is 0 Å². The van der Waals surface area contributed by atoms with Crippen LogP contribution >= 0.6 is 0 Å². The number of carboxylic acids is 1. The third kappa shape index (κ3) is 1.63. The number of aliphatic carboxylic acids is 1. The van der Waals surface area contributed by atoms with Crippen LogP contribution in [0, 0.1) is 6.92 Å². The zero-order chi connectivity index (χ0) is 10.9. The molecule has 0 aliphatic carbocycles. The molecule has 0 saturated heterocycles. The van der Waals surface area contributed by atoms with Gasteiger partial charge in [0.25, 0.3) is 0 Å². The SMILES string of the molecule is Cc1[nH]cnc1C(C)(C)C(O)C(=O)O. The number of carboxylic acid groups (broad SMARTS) is 1. The minimum atomic E-state index is -1.45.